The molecule has 0 saturated carbocycles. The normalized spacial score (nSPS) is 9.86. The highest BCUT2D eigenvalue weighted by Gasteiger charge is 2.08. The van der Waals surface area contributed by atoms with Crippen LogP contribution >= 0.6 is 0 Å². The average Bonchev–Trinajstić information content (AvgIpc) is 3.00. The maximum Gasteiger partial charge on any atom is 0.286 e. The molecule has 0 unspecified atom stereocenters. The van der Waals surface area contributed by atoms with Crippen LogP contribution in [-0.2, 0) is 16.0 Å². The van der Waals surface area contributed by atoms with Gasteiger partial charge in [-0.3, -0.25) is 25.2 Å². The molecule has 22 heavy (non-hydrogen) atoms. The molecule has 7 heteroatoms. The van der Waals surface area contributed by atoms with Crippen LogP contribution in [-0.4, -0.2) is 22.7 Å². The summed E-state index contributed by atoms with van der Waals surface area (Å²) >= 11 is 0. The van der Waals surface area contributed by atoms with Crippen LogP contribution in [0.2, 0.25) is 0 Å². The van der Waals surface area contributed by atoms with E-state index < -0.39 is 5.91 Å². The lowest BCUT2D eigenvalue weighted by Crippen LogP contribution is -2.42. The predicted molar refractivity (Wildman–Crippen MR) is 80.9 cm³/mol. The fourth-order valence-electron chi connectivity index (χ4n) is 1.80. The quantitative estimate of drug-likeness (QED) is 0.633. The Morgan fingerprint density at radius 2 is 1.77 bits per heavy atom. The molecule has 2 rings (SSSR count). The molecule has 1 aromatic heterocycles. The first-order valence-electron chi connectivity index (χ1n) is 6.63. The van der Waals surface area contributed by atoms with E-state index in [1.807, 2.05) is 0 Å². The highest BCUT2D eigenvalue weighted by molar-refractivity contribution is 5.94. The number of carbonyl (C=O) groups is 3. The summed E-state index contributed by atoms with van der Waals surface area (Å²) in [7, 11) is 0. The summed E-state index contributed by atoms with van der Waals surface area (Å²) in [5.74, 6) is -0.913. The van der Waals surface area contributed by atoms with Gasteiger partial charge in [-0.25, -0.2) is 0 Å². The second-order valence-corrected chi connectivity index (χ2v) is 4.64. The van der Waals surface area contributed by atoms with Crippen molar-refractivity contribution in [2.45, 2.75) is 13.3 Å². The van der Waals surface area contributed by atoms with Crippen LogP contribution in [0.25, 0.3) is 0 Å². The van der Waals surface area contributed by atoms with Gasteiger partial charge in [0.05, 0.1) is 6.42 Å². The van der Waals surface area contributed by atoms with Crippen molar-refractivity contribution in [1.29, 1.82) is 0 Å². The molecule has 0 atom stereocenters. The summed E-state index contributed by atoms with van der Waals surface area (Å²) in [6.45, 7) is 1.42. The van der Waals surface area contributed by atoms with E-state index in [1.54, 1.807) is 42.6 Å². The van der Waals surface area contributed by atoms with Crippen LogP contribution in [0.4, 0.5) is 5.69 Å². The van der Waals surface area contributed by atoms with Gasteiger partial charge in [-0.2, -0.15) is 0 Å². The monoisotopic (exact) mass is 300 g/mol. The largest absolute Gasteiger partial charge is 0.357 e. The Morgan fingerprint density at radius 1 is 1.05 bits per heavy atom. The molecular formula is C15H16N4O3. The summed E-state index contributed by atoms with van der Waals surface area (Å²) < 4.78 is 0. The SMILES string of the molecule is CC(=O)Nc1ccc(CC(=O)NNC(=O)c2ccc[nH]2)cc1. The van der Waals surface area contributed by atoms with Crippen molar-refractivity contribution in [1.82, 2.24) is 15.8 Å². The minimum atomic E-state index is -0.417. The Bertz CT molecular complexity index is 663. The number of amides is 3. The number of H-pyrrole nitrogens is 1. The Morgan fingerprint density at radius 3 is 2.36 bits per heavy atom. The van der Waals surface area contributed by atoms with Crippen LogP contribution in [0, 0.1) is 0 Å². The van der Waals surface area contributed by atoms with E-state index in [1.165, 1.54) is 6.92 Å². The molecule has 0 saturated heterocycles. The van der Waals surface area contributed by atoms with Crippen LogP contribution < -0.4 is 16.2 Å². The number of rotatable bonds is 4. The van der Waals surface area contributed by atoms with Crippen molar-refractivity contribution < 1.29 is 14.4 Å². The Balaban J connectivity index is 1.81. The van der Waals surface area contributed by atoms with Crippen molar-refractivity contribution in [3.63, 3.8) is 0 Å². The highest BCUT2D eigenvalue weighted by atomic mass is 16.2. The van der Waals surface area contributed by atoms with Gasteiger partial charge in [0.25, 0.3) is 5.91 Å². The minimum Gasteiger partial charge on any atom is -0.357 e. The molecule has 3 amide bonds. The summed E-state index contributed by atoms with van der Waals surface area (Å²) in [5.41, 5.74) is 6.44. The highest BCUT2D eigenvalue weighted by Crippen LogP contribution is 2.09. The van der Waals surface area contributed by atoms with Gasteiger partial charge in [-0.15, -0.1) is 0 Å². The van der Waals surface area contributed by atoms with E-state index in [0.717, 1.165) is 5.56 Å². The molecule has 114 valence electrons. The molecule has 0 aliphatic carbocycles. The van der Waals surface area contributed by atoms with E-state index in [-0.39, 0.29) is 18.2 Å². The van der Waals surface area contributed by atoms with Gasteiger partial charge in [-0.1, -0.05) is 12.1 Å². The van der Waals surface area contributed by atoms with Crippen molar-refractivity contribution in [3.05, 3.63) is 53.9 Å². The zero-order valence-electron chi connectivity index (χ0n) is 12.0. The number of hydrogen-bond acceptors (Lipinski definition) is 3. The lowest BCUT2D eigenvalue weighted by molar-refractivity contribution is -0.121. The maximum atomic E-state index is 11.7. The third-order valence-electron chi connectivity index (χ3n) is 2.80. The number of hydrazine groups is 1. The third-order valence-corrected chi connectivity index (χ3v) is 2.80. The molecule has 1 heterocycles. The van der Waals surface area contributed by atoms with E-state index in [9.17, 15) is 14.4 Å². The lowest BCUT2D eigenvalue weighted by atomic mass is 10.1. The first-order chi connectivity index (χ1) is 10.5. The molecule has 0 radical (unpaired) electrons. The number of carbonyl (C=O) groups excluding carboxylic acids is 3. The summed E-state index contributed by atoms with van der Waals surface area (Å²) in [5, 5.41) is 2.64. The molecule has 7 nitrogen and oxygen atoms in total. The predicted octanol–water partition coefficient (Wildman–Crippen LogP) is 0.977. The van der Waals surface area contributed by atoms with Crippen molar-refractivity contribution in [2.75, 3.05) is 5.32 Å². The number of aromatic amines is 1. The van der Waals surface area contributed by atoms with Crippen LogP contribution in [0.5, 0.6) is 0 Å². The topological polar surface area (TPSA) is 103 Å². The second kappa shape index (κ2) is 7.07. The van der Waals surface area contributed by atoms with E-state index in [0.29, 0.717) is 11.4 Å². The molecule has 1 aromatic carbocycles. The number of benzene rings is 1. The fourth-order valence-corrected chi connectivity index (χ4v) is 1.80. The maximum absolute atomic E-state index is 11.7. The zero-order valence-corrected chi connectivity index (χ0v) is 12.0. The Kier molecular flexibility index (Phi) is 4.92. The van der Waals surface area contributed by atoms with Crippen LogP contribution in [0.3, 0.4) is 0 Å². The molecule has 0 fully saturated rings. The summed E-state index contributed by atoms with van der Waals surface area (Å²) in [6, 6.07) is 10.2. The van der Waals surface area contributed by atoms with Gasteiger partial charge in [0.15, 0.2) is 0 Å². The standard InChI is InChI=1S/C15H16N4O3/c1-10(20)17-12-6-4-11(5-7-12)9-14(21)18-19-15(22)13-3-2-8-16-13/h2-8,16H,9H2,1H3,(H,17,20)(H,18,21)(H,19,22). The number of anilines is 1. The molecule has 2 aromatic rings. The molecule has 0 aliphatic rings. The van der Waals surface area contributed by atoms with Crippen LogP contribution in [0.1, 0.15) is 23.0 Å². The minimum absolute atomic E-state index is 0.116. The van der Waals surface area contributed by atoms with Gasteiger partial charge >= 0.3 is 0 Å². The number of nitrogens with one attached hydrogen (secondary N) is 4. The Hall–Kier alpha value is -3.09. The molecule has 0 spiro atoms. The number of hydrogen-bond donors (Lipinski definition) is 4. The molecular weight excluding hydrogens is 284 g/mol. The fraction of sp³-hybridized carbons (Fsp3) is 0.133. The van der Waals surface area contributed by atoms with Gasteiger partial charge in [-0.05, 0) is 29.8 Å². The van der Waals surface area contributed by atoms with E-state index in [4.69, 9.17) is 0 Å². The molecule has 0 aliphatic heterocycles. The first kappa shape index (κ1) is 15.3. The van der Waals surface area contributed by atoms with Crippen LogP contribution in [0.15, 0.2) is 42.6 Å². The molecule has 0 bridgehead atoms. The lowest BCUT2D eigenvalue weighted by Gasteiger charge is -2.07. The average molecular weight is 300 g/mol. The third kappa shape index (κ3) is 4.48. The van der Waals surface area contributed by atoms with E-state index >= 15 is 0 Å². The smallest absolute Gasteiger partial charge is 0.286 e. The van der Waals surface area contributed by atoms with Crippen molar-refractivity contribution in [2.24, 2.45) is 0 Å². The van der Waals surface area contributed by atoms with E-state index in [2.05, 4.69) is 21.2 Å². The van der Waals surface area contributed by atoms with Crippen molar-refractivity contribution in [3.8, 4) is 0 Å². The van der Waals surface area contributed by atoms with Gasteiger partial charge in [0.2, 0.25) is 11.8 Å². The van der Waals surface area contributed by atoms with Gasteiger partial charge in [0, 0.05) is 18.8 Å². The number of aromatic nitrogens is 1. The summed E-state index contributed by atoms with van der Waals surface area (Å²) in [6.07, 6.45) is 1.73. The van der Waals surface area contributed by atoms with Gasteiger partial charge in [0.1, 0.15) is 5.69 Å². The second-order valence-electron chi connectivity index (χ2n) is 4.64. The molecule has 4 N–H and O–H groups in total. The zero-order chi connectivity index (χ0) is 15.9. The Labute approximate surface area is 127 Å². The van der Waals surface area contributed by atoms with Crippen molar-refractivity contribution >= 4 is 23.4 Å². The summed E-state index contributed by atoms with van der Waals surface area (Å²) in [4.78, 5) is 37.0. The first-order valence-corrected chi connectivity index (χ1v) is 6.63. The van der Waals surface area contributed by atoms with Gasteiger partial charge < -0.3 is 10.3 Å².